The Bertz CT molecular complexity index is 257. The quantitative estimate of drug-likeness (QED) is 0.205. The maximum absolute atomic E-state index is 11.6. The summed E-state index contributed by atoms with van der Waals surface area (Å²) in [5.74, 6) is -0.995. The van der Waals surface area contributed by atoms with Crippen molar-refractivity contribution in [3.8, 4) is 0 Å². The fourth-order valence-electron chi connectivity index (χ4n) is 0.933. The van der Waals surface area contributed by atoms with E-state index in [9.17, 15) is 9.59 Å². The molecule has 0 fully saturated rings. The Labute approximate surface area is 95.4 Å². The lowest BCUT2D eigenvalue weighted by Gasteiger charge is -2.06. The van der Waals surface area contributed by atoms with Crippen LogP contribution in [-0.4, -0.2) is 38.7 Å². The zero-order chi connectivity index (χ0) is 12.4. The summed E-state index contributed by atoms with van der Waals surface area (Å²) in [6, 6.07) is 0. The summed E-state index contributed by atoms with van der Waals surface area (Å²) in [5.41, 5.74) is -0.0687. The monoisotopic (exact) mass is 230 g/mol. The second kappa shape index (κ2) is 8.91. The average Bonchev–Trinajstić information content (AvgIpc) is 2.27. The van der Waals surface area contributed by atoms with Crippen LogP contribution in [0.2, 0.25) is 0 Å². The summed E-state index contributed by atoms with van der Waals surface area (Å²) in [4.78, 5) is 23.0. The minimum Gasteiger partial charge on any atom is -0.500 e. The Morgan fingerprint density at radius 2 is 1.88 bits per heavy atom. The number of carbonyl (C=O) groups excluding carboxylic acids is 2. The zero-order valence-corrected chi connectivity index (χ0v) is 9.95. The third kappa shape index (κ3) is 5.50. The molecule has 92 valence electrons. The van der Waals surface area contributed by atoms with E-state index in [1.165, 1.54) is 7.11 Å². The zero-order valence-electron chi connectivity index (χ0n) is 9.95. The van der Waals surface area contributed by atoms with Gasteiger partial charge in [0.25, 0.3) is 0 Å². The molecule has 0 saturated heterocycles. The lowest BCUT2D eigenvalue weighted by atomic mass is 10.1. The van der Waals surface area contributed by atoms with Crippen molar-refractivity contribution in [2.24, 2.45) is 0 Å². The molecule has 0 bridgehead atoms. The molecule has 0 rings (SSSR count). The first kappa shape index (κ1) is 14.6. The van der Waals surface area contributed by atoms with Crippen LogP contribution in [0.5, 0.6) is 0 Å². The molecule has 0 heterocycles. The van der Waals surface area contributed by atoms with Gasteiger partial charge < -0.3 is 14.2 Å². The molecule has 0 aromatic heterocycles. The standard InChI is InChI=1S/C11H18O5/c1-4-15-8-9(11(13)16-5-2)10(12)6-7-14-3/h8H,4-7H2,1-3H3/b9-8-. The number of Topliss-reactive ketones (excluding diaryl/α,β-unsaturated/α-hetero) is 1. The molecule has 0 saturated carbocycles. The minimum absolute atomic E-state index is 0.0687. The van der Waals surface area contributed by atoms with Crippen molar-refractivity contribution in [1.82, 2.24) is 0 Å². The number of carbonyl (C=O) groups is 2. The largest absolute Gasteiger partial charge is 0.500 e. The van der Waals surface area contributed by atoms with Crippen LogP contribution in [-0.2, 0) is 23.8 Å². The summed E-state index contributed by atoms with van der Waals surface area (Å²) >= 11 is 0. The van der Waals surface area contributed by atoms with Crippen molar-refractivity contribution < 1.29 is 23.8 Å². The van der Waals surface area contributed by atoms with Gasteiger partial charge in [-0.15, -0.1) is 0 Å². The van der Waals surface area contributed by atoms with E-state index in [2.05, 4.69) is 0 Å². The van der Waals surface area contributed by atoms with E-state index in [1.807, 2.05) is 0 Å². The Hall–Kier alpha value is -1.36. The number of methoxy groups -OCH3 is 1. The second-order valence-electron chi connectivity index (χ2n) is 2.87. The molecule has 0 radical (unpaired) electrons. The highest BCUT2D eigenvalue weighted by atomic mass is 16.5. The molecular formula is C11H18O5. The number of hydrogen-bond acceptors (Lipinski definition) is 5. The molecule has 0 spiro atoms. The summed E-state index contributed by atoms with van der Waals surface area (Å²) in [7, 11) is 1.49. The molecule has 0 aromatic carbocycles. The summed E-state index contributed by atoms with van der Waals surface area (Å²) in [6.45, 7) is 4.32. The fraction of sp³-hybridized carbons (Fsp3) is 0.636. The first-order chi connectivity index (χ1) is 7.67. The molecule has 0 N–H and O–H groups in total. The summed E-state index contributed by atoms with van der Waals surface area (Å²) < 4.78 is 14.5. The number of ether oxygens (including phenoxy) is 3. The SMILES string of the molecule is CCO/C=C(/C(=O)CCOC)C(=O)OCC. The van der Waals surface area contributed by atoms with Gasteiger partial charge in [-0.1, -0.05) is 0 Å². The smallest absolute Gasteiger partial charge is 0.344 e. The average molecular weight is 230 g/mol. The van der Waals surface area contributed by atoms with Crippen molar-refractivity contribution >= 4 is 11.8 Å². The molecule has 16 heavy (non-hydrogen) atoms. The second-order valence-corrected chi connectivity index (χ2v) is 2.87. The van der Waals surface area contributed by atoms with E-state index in [1.54, 1.807) is 13.8 Å². The van der Waals surface area contributed by atoms with E-state index < -0.39 is 5.97 Å². The molecule has 5 heteroatoms. The number of ketones is 1. The van der Waals surface area contributed by atoms with Crippen molar-refractivity contribution in [2.75, 3.05) is 26.9 Å². The van der Waals surface area contributed by atoms with Gasteiger partial charge in [-0.2, -0.15) is 0 Å². The molecule has 0 unspecified atom stereocenters. The van der Waals surface area contributed by atoms with Gasteiger partial charge in [0, 0.05) is 13.5 Å². The summed E-state index contributed by atoms with van der Waals surface area (Å²) in [6.07, 6.45) is 1.28. The Morgan fingerprint density at radius 1 is 1.19 bits per heavy atom. The van der Waals surface area contributed by atoms with Gasteiger partial charge in [-0.3, -0.25) is 4.79 Å². The molecular weight excluding hydrogens is 212 g/mol. The first-order valence-corrected chi connectivity index (χ1v) is 5.18. The maximum atomic E-state index is 11.6. The van der Waals surface area contributed by atoms with Crippen LogP contribution in [0, 0.1) is 0 Å². The predicted octanol–water partition coefficient (Wildman–Crippen LogP) is 1.08. The highest BCUT2D eigenvalue weighted by Gasteiger charge is 2.19. The Balaban J connectivity index is 4.53. The maximum Gasteiger partial charge on any atom is 0.344 e. The van der Waals surface area contributed by atoms with Crippen LogP contribution in [0.1, 0.15) is 20.3 Å². The van der Waals surface area contributed by atoms with Crippen LogP contribution in [0.4, 0.5) is 0 Å². The van der Waals surface area contributed by atoms with Gasteiger partial charge in [0.1, 0.15) is 11.8 Å². The molecule has 0 aromatic rings. The van der Waals surface area contributed by atoms with Gasteiger partial charge in [0.05, 0.1) is 19.8 Å². The molecule has 0 aliphatic carbocycles. The minimum atomic E-state index is -0.656. The van der Waals surface area contributed by atoms with Crippen molar-refractivity contribution in [1.29, 1.82) is 0 Å². The Kier molecular flexibility index (Phi) is 8.15. The van der Waals surface area contributed by atoms with Gasteiger partial charge in [0.2, 0.25) is 0 Å². The number of esters is 1. The molecule has 0 aliphatic heterocycles. The van der Waals surface area contributed by atoms with E-state index in [-0.39, 0.29) is 31.0 Å². The van der Waals surface area contributed by atoms with Gasteiger partial charge in [-0.25, -0.2) is 4.79 Å². The van der Waals surface area contributed by atoms with Gasteiger partial charge in [-0.05, 0) is 13.8 Å². The number of hydrogen-bond donors (Lipinski definition) is 0. The molecule has 0 amide bonds. The fourth-order valence-corrected chi connectivity index (χ4v) is 0.933. The van der Waals surface area contributed by atoms with Gasteiger partial charge >= 0.3 is 5.97 Å². The third-order valence-electron chi connectivity index (χ3n) is 1.70. The third-order valence-corrected chi connectivity index (χ3v) is 1.70. The number of rotatable bonds is 8. The predicted molar refractivity (Wildman–Crippen MR) is 57.8 cm³/mol. The lowest BCUT2D eigenvalue weighted by Crippen LogP contribution is -2.17. The van der Waals surface area contributed by atoms with Crippen molar-refractivity contribution in [2.45, 2.75) is 20.3 Å². The van der Waals surface area contributed by atoms with E-state index in [4.69, 9.17) is 14.2 Å². The topological polar surface area (TPSA) is 61.8 Å². The van der Waals surface area contributed by atoms with Gasteiger partial charge in [0.15, 0.2) is 5.78 Å². The normalized spacial score (nSPS) is 11.1. The van der Waals surface area contributed by atoms with E-state index >= 15 is 0 Å². The van der Waals surface area contributed by atoms with E-state index in [0.717, 1.165) is 6.26 Å². The molecule has 0 aliphatic rings. The van der Waals surface area contributed by atoms with Crippen LogP contribution >= 0.6 is 0 Å². The van der Waals surface area contributed by atoms with Crippen LogP contribution < -0.4 is 0 Å². The van der Waals surface area contributed by atoms with Crippen LogP contribution in [0.15, 0.2) is 11.8 Å². The first-order valence-electron chi connectivity index (χ1n) is 5.18. The van der Waals surface area contributed by atoms with Crippen molar-refractivity contribution in [3.05, 3.63) is 11.8 Å². The van der Waals surface area contributed by atoms with E-state index in [0.29, 0.717) is 6.61 Å². The summed E-state index contributed by atoms with van der Waals surface area (Å²) in [5, 5.41) is 0. The molecule has 5 nitrogen and oxygen atoms in total. The highest BCUT2D eigenvalue weighted by molar-refractivity contribution is 6.17. The Morgan fingerprint density at radius 3 is 2.38 bits per heavy atom. The van der Waals surface area contributed by atoms with Crippen LogP contribution in [0.3, 0.4) is 0 Å². The lowest BCUT2D eigenvalue weighted by molar-refractivity contribution is -0.140. The van der Waals surface area contributed by atoms with Crippen LogP contribution in [0.25, 0.3) is 0 Å². The highest BCUT2D eigenvalue weighted by Crippen LogP contribution is 2.04. The molecule has 0 atom stereocenters. The van der Waals surface area contributed by atoms with Crippen molar-refractivity contribution in [3.63, 3.8) is 0 Å².